The van der Waals surface area contributed by atoms with E-state index in [1.165, 1.54) is 33.4 Å². The lowest BCUT2D eigenvalue weighted by Gasteiger charge is -2.26. The molecule has 1 amide bonds. The van der Waals surface area contributed by atoms with Gasteiger partial charge in [0.1, 0.15) is 5.60 Å². The van der Waals surface area contributed by atoms with Crippen molar-refractivity contribution in [2.75, 3.05) is 25.6 Å². The van der Waals surface area contributed by atoms with Gasteiger partial charge in [0.05, 0.1) is 31.0 Å². The summed E-state index contributed by atoms with van der Waals surface area (Å²) in [6.45, 7) is 4.93. The first kappa shape index (κ1) is 26.0. The standard InChI is InChI=1S/C23H28N4O7S/c1-23(2,3)34-22(29)27(35(30,31)24-4)15-9-7-14(8-10-15)11-18-16-12-19(32-5)20(33-6)13-17(16)21(28)26-25-18/h7-10,12-13,24H,11H2,1-6H3,(H,26,28). The minimum Gasteiger partial charge on any atom is -0.493 e. The van der Waals surface area contributed by atoms with Gasteiger partial charge in [-0.3, -0.25) is 4.79 Å². The number of hydrogen-bond donors (Lipinski definition) is 2. The molecule has 0 atom stereocenters. The molecule has 35 heavy (non-hydrogen) atoms. The second-order valence-electron chi connectivity index (χ2n) is 8.55. The number of aromatic nitrogens is 2. The molecule has 2 N–H and O–H groups in total. The largest absolute Gasteiger partial charge is 0.493 e. The van der Waals surface area contributed by atoms with Gasteiger partial charge in [-0.15, -0.1) is 0 Å². The highest BCUT2D eigenvalue weighted by atomic mass is 32.2. The molecule has 0 radical (unpaired) electrons. The maximum Gasteiger partial charge on any atom is 0.429 e. The average molecular weight is 505 g/mol. The predicted octanol–water partition coefficient (Wildman–Crippen LogP) is 2.74. The smallest absolute Gasteiger partial charge is 0.429 e. The van der Waals surface area contributed by atoms with Crippen LogP contribution in [0.2, 0.25) is 0 Å². The van der Waals surface area contributed by atoms with Crippen molar-refractivity contribution < 1.29 is 27.4 Å². The molecule has 2 aromatic carbocycles. The number of fused-ring (bicyclic) bond motifs is 1. The monoisotopic (exact) mass is 504 g/mol. The van der Waals surface area contributed by atoms with Gasteiger partial charge in [0.2, 0.25) is 0 Å². The van der Waals surface area contributed by atoms with E-state index in [1.54, 1.807) is 45.0 Å². The third kappa shape index (κ3) is 5.72. The van der Waals surface area contributed by atoms with Crippen LogP contribution in [0, 0.1) is 0 Å². The zero-order valence-electron chi connectivity index (χ0n) is 20.3. The van der Waals surface area contributed by atoms with Gasteiger partial charge in [0.25, 0.3) is 5.56 Å². The number of methoxy groups -OCH3 is 2. The van der Waals surface area contributed by atoms with Crippen LogP contribution in [-0.2, 0) is 21.4 Å². The molecule has 0 saturated carbocycles. The second kappa shape index (κ2) is 9.92. The summed E-state index contributed by atoms with van der Waals surface area (Å²) in [5.41, 5.74) is 0.170. The van der Waals surface area contributed by atoms with E-state index in [4.69, 9.17) is 14.2 Å². The SMILES string of the molecule is CNS(=O)(=O)N(C(=O)OC(C)(C)C)c1ccc(Cc2n[nH]c(=O)c3cc(OC)c(OC)cc23)cc1. The number of carbonyl (C=O) groups is 1. The van der Waals surface area contributed by atoms with Crippen molar-refractivity contribution >= 4 is 32.8 Å². The molecule has 3 rings (SSSR count). The molecule has 0 unspecified atom stereocenters. The molecule has 0 fully saturated rings. The van der Waals surface area contributed by atoms with Crippen molar-refractivity contribution in [1.82, 2.24) is 14.9 Å². The summed E-state index contributed by atoms with van der Waals surface area (Å²) in [6.07, 6.45) is -0.720. The third-order valence-corrected chi connectivity index (χ3v) is 6.33. The zero-order valence-corrected chi connectivity index (χ0v) is 21.1. The van der Waals surface area contributed by atoms with Crippen molar-refractivity contribution in [3.8, 4) is 11.5 Å². The molecule has 12 heteroatoms. The molecule has 0 aliphatic heterocycles. The van der Waals surface area contributed by atoms with E-state index < -0.39 is 21.9 Å². The molecule has 0 saturated heterocycles. The van der Waals surface area contributed by atoms with Crippen LogP contribution in [0.1, 0.15) is 32.0 Å². The highest BCUT2D eigenvalue weighted by molar-refractivity contribution is 7.91. The molecule has 11 nitrogen and oxygen atoms in total. The number of H-pyrrole nitrogens is 1. The molecule has 3 aromatic rings. The first-order valence-corrected chi connectivity index (χ1v) is 12.0. The van der Waals surface area contributed by atoms with Gasteiger partial charge in [-0.05, 0) is 50.6 Å². The van der Waals surface area contributed by atoms with E-state index in [0.29, 0.717) is 38.7 Å². The van der Waals surface area contributed by atoms with Crippen molar-refractivity contribution in [3.05, 3.63) is 58.0 Å². The van der Waals surface area contributed by atoms with Crippen LogP contribution >= 0.6 is 0 Å². The number of rotatable bonds is 7. The number of ether oxygens (including phenoxy) is 3. The van der Waals surface area contributed by atoms with Gasteiger partial charge < -0.3 is 14.2 Å². The third-order valence-electron chi connectivity index (χ3n) is 4.97. The summed E-state index contributed by atoms with van der Waals surface area (Å²) in [7, 11) is 0.0128. The summed E-state index contributed by atoms with van der Waals surface area (Å²) in [5, 5.41) is 7.65. The van der Waals surface area contributed by atoms with Crippen molar-refractivity contribution in [1.29, 1.82) is 0 Å². The lowest BCUT2D eigenvalue weighted by atomic mass is 10.0. The summed E-state index contributed by atoms with van der Waals surface area (Å²) in [4.78, 5) is 25.0. The lowest BCUT2D eigenvalue weighted by molar-refractivity contribution is 0.0608. The van der Waals surface area contributed by atoms with Gasteiger partial charge in [-0.1, -0.05) is 12.1 Å². The highest BCUT2D eigenvalue weighted by Gasteiger charge is 2.32. The Labute approximate surface area is 203 Å². The van der Waals surface area contributed by atoms with Crippen LogP contribution < -0.4 is 24.1 Å². The van der Waals surface area contributed by atoms with Crippen molar-refractivity contribution in [2.45, 2.75) is 32.8 Å². The Morgan fingerprint density at radius 3 is 2.14 bits per heavy atom. The molecule has 1 heterocycles. The Morgan fingerprint density at radius 2 is 1.63 bits per heavy atom. The van der Waals surface area contributed by atoms with E-state index >= 15 is 0 Å². The minimum atomic E-state index is -4.17. The average Bonchev–Trinajstić information content (AvgIpc) is 2.80. The minimum absolute atomic E-state index is 0.100. The van der Waals surface area contributed by atoms with Crippen LogP contribution in [0.4, 0.5) is 10.5 Å². The summed E-state index contributed by atoms with van der Waals surface area (Å²) in [5.74, 6) is 0.870. The van der Waals surface area contributed by atoms with Crippen LogP contribution in [-0.4, -0.2) is 51.6 Å². The van der Waals surface area contributed by atoms with E-state index in [1.807, 2.05) is 0 Å². The number of aromatic amines is 1. The van der Waals surface area contributed by atoms with Crippen molar-refractivity contribution in [3.63, 3.8) is 0 Å². The second-order valence-corrected chi connectivity index (χ2v) is 10.3. The normalized spacial score (nSPS) is 11.8. The van der Waals surface area contributed by atoms with Crippen LogP contribution in [0.25, 0.3) is 10.8 Å². The summed E-state index contributed by atoms with van der Waals surface area (Å²) < 4.78 is 43.7. The Morgan fingerprint density at radius 1 is 1.06 bits per heavy atom. The van der Waals surface area contributed by atoms with E-state index in [9.17, 15) is 18.0 Å². The predicted molar refractivity (Wildman–Crippen MR) is 131 cm³/mol. The van der Waals surface area contributed by atoms with E-state index in [0.717, 1.165) is 5.56 Å². The summed E-state index contributed by atoms with van der Waals surface area (Å²) >= 11 is 0. The number of nitrogens with zero attached hydrogens (tertiary/aromatic N) is 2. The molecule has 188 valence electrons. The first-order chi connectivity index (χ1) is 16.4. The van der Waals surface area contributed by atoms with Gasteiger partial charge in [-0.2, -0.15) is 17.8 Å². The lowest BCUT2D eigenvalue weighted by Crippen LogP contribution is -2.45. The van der Waals surface area contributed by atoms with Gasteiger partial charge in [-0.25, -0.2) is 14.6 Å². The van der Waals surface area contributed by atoms with Crippen LogP contribution in [0.5, 0.6) is 11.5 Å². The maximum absolute atomic E-state index is 12.7. The van der Waals surface area contributed by atoms with Gasteiger partial charge >= 0.3 is 16.3 Å². The van der Waals surface area contributed by atoms with E-state index in [-0.39, 0.29) is 11.2 Å². The number of carbonyl (C=O) groups excluding carboxylic acids is 1. The number of benzene rings is 2. The fourth-order valence-electron chi connectivity index (χ4n) is 3.36. The zero-order chi connectivity index (χ0) is 26.0. The number of amides is 1. The molecule has 1 aromatic heterocycles. The summed E-state index contributed by atoms with van der Waals surface area (Å²) in [6, 6.07) is 9.58. The molecule has 0 aliphatic rings. The molecule has 0 bridgehead atoms. The Hall–Kier alpha value is -3.64. The number of nitrogens with one attached hydrogen (secondary N) is 2. The molecular formula is C23H28N4O7S. The first-order valence-electron chi connectivity index (χ1n) is 10.6. The quantitative estimate of drug-likeness (QED) is 0.501. The van der Waals surface area contributed by atoms with Crippen LogP contribution in [0.3, 0.4) is 0 Å². The van der Waals surface area contributed by atoms with Crippen molar-refractivity contribution in [2.24, 2.45) is 0 Å². The van der Waals surface area contributed by atoms with E-state index in [2.05, 4.69) is 14.9 Å². The van der Waals surface area contributed by atoms with Crippen LogP contribution in [0.15, 0.2) is 41.2 Å². The Kier molecular flexibility index (Phi) is 7.36. The maximum atomic E-state index is 12.7. The number of hydrogen-bond acceptors (Lipinski definition) is 8. The highest BCUT2D eigenvalue weighted by Crippen LogP contribution is 2.32. The van der Waals surface area contributed by atoms with Gasteiger partial charge in [0.15, 0.2) is 11.5 Å². The van der Waals surface area contributed by atoms with Gasteiger partial charge in [0, 0.05) is 18.9 Å². The fraction of sp³-hybridized carbons (Fsp3) is 0.348. The molecule has 0 aliphatic carbocycles. The molecular weight excluding hydrogens is 476 g/mol. The fourth-order valence-corrected chi connectivity index (χ4v) is 4.17. The Balaban J connectivity index is 1.99. The number of anilines is 1. The molecule has 0 spiro atoms. The Bertz CT molecular complexity index is 1390. The topological polar surface area (TPSA) is 140 Å².